The van der Waals surface area contributed by atoms with Gasteiger partial charge in [-0.15, -0.1) is 0 Å². The van der Waals surface area contributed by atoms with Crippen molar-refractivity contribution in [2.45, 2.75) is 0 Å². The summed E-state index contributed by atoms with van der Waals surface area (Å²) in [7, 11) is 1.64. The average Bonchev–Trinajstić information content (AvgIpc) is 2.39. The summed E-state index contributed by atoms with van der Waals surface area (Å²) in [6.07, 6.45) is -0.834. The van der Waals surface area contributed by atoms with Crippen LogP contribution in [0.3, 0.4) is 0 Å². The van der Waals surface area contributed by atoms with Crippen LogP contribution in [0.4, 0.5) is 10.5 Å². The maximum absolute atomic E-state index is 10.8. The molecule has 5 nitrogen and oxygen atoms in total. The maximum atomic E-state index is 10.8. The third-order valence-corrected chi connectivity index (χ3v) is 2.99. The first-order chi connectivity index (χ1) is 8.20. The molecule has 0 unspecified atom stereocenters. The van der Waals surface area contributed by atoms with E-state index in [9.17, 15) is 4.79 Å². The summed E-state index contributed by atoms with van der Waals surface area (Å²) in [6, 6.07) is 7.82. The van der Waals surface area contributed by atoms with Gasteiger partial charge in [-0.3, -0.25) is 0 Å². The minimum absolute atomic E-state index is 0.557. The highest BCUT2D eigenvalue weighted by Gasteiger charge is 2.20. The quantitative estimate of drug-likeness (QED) is 0.845. The molecule has 1 aromatic carbocycles. The number of hydrogen-bond donors (Lipinski definition) is 1. The molecule has 0 aromatic heterocycles. The van der Waals surface area contributed by atoms with Crippen LogP contribution in [0.25, 0.3) is 0 Å². The highest BCUT2D eigenvalue weighted by atomic mass is 16.5. The number of amides is 1. The molecular formula is C12H16N2O3. The Morgan fingerprint density at radius 1 is 1.18 bits per heavy atom. The second-order valence-electron chi connectivity index (χ2n) is 3.95. The highest BCUT2D eigenvalue weighted by molar-refractivity contribution is 5.65. The number of benzene rings is 1. The maximum Gasteiger partial charge on any atom is 0.407 e. The lowest BCUT2D eigenvalue weighted by Crippen LogP contribution is -2.48. The molecular weight excluding hydrogens is 220 g/mol. The van der Waals surface area contributed by atoms with E-state index < -0.39 is 6.09 Å². The van der Waals surface area contributed by atoms with Gasteiger partial charge in [-0.05, 0) is 24.3 Å². The van der Waals surface area contributed by atoms with Crippen LogP contribution in [0.15, 0.2) is 24.3 Å². The predicted molar refractivity (Wildman–Crippen MR) is 64.8 cm³/mol. The van der Waals surface area contributed by atoms with Gasteiger partial charge in [0.15, 0.2) is 0 Å². The summed E-state index contributed by atoms with van der Waals surface area (Å²) in [5.41, 5.74) is 1.11. The van der Waals surface area contributed by atoms with Crippen LogP contribution in [0.2, 0.25) is 0 Å². The number of carbonyl (C=O) groups is 1. The van der Waals surface area contributed by atoms with Crippen molar-refractivity contribution in [2.75, 3.05) is 38.2 Å². The number of piperazine rings is 1. The fourth-order valence-electron chi connectivity index (χ4n) is 1.95. The zero-order valence-electron chi connectivity index (χ0n) is 9.80. The first-order valence-corrected chi connectivity index (χ1v) is 5.57. The van der Waals surface area contributed by atoms with Gasteiger partial charge in [0.25, 0.3) is 0 Å². The smallest absolute Gasteiger partial charge is 0.407 e. The largest absolute Gasteiger partial charge is 0.497 e. The molecule has 0 spiro atoms. The van der Waals surface area contributed by atoms with Crippen LogP contribution in [0.1, 0.15) is 0 Å². The fourth-order valence-corrected chi connectivity index (χ4v) is 1.95. The molecule has 0 aliphatic carbocycles. The van der Waals surface area contributed by atoms with Crippen molar-refractivity contribution in [3.8, 4) is 5.75 Å². The number of rotatable bonds is 2. The van der Waals surface area contributed by atoms with E-state index in [4.69, 9.17) is 9.84 Å². The van der Waals surface area contributed by atoms with Crippen molar-refractivity contribution < 1.29 is 14.6 Å². The fraction of sp³-hybridized carbons (Fsp3) is 0.417. The average molecular weight is 236 g/mol. The molecule has 5 heteroatoms. The van der Waals surface area contributed by atoms with Crippen molar-refractivity contribution in [3.05, 3.63) is 24.3 Å². The summed E-state index contributed by atoms with van der Waals surface area (Å²) in [4.78, 5) is 14.4. The molecule has 17 heavy (non-hydrogen) atoms. The molecule has 1 N–H and O–H groups in total. The van der Waals surface area contributed by atoms with Gasteiger partial charge in [-0.1, -0.05) is 0 Å². The molecule has 2 rings (SSSR count). The lowest BCUT2D eigenvalue weighted by Gasteiger charge is -2.34. The number of ether oxygens (including phenoxy) is 1. The van der Waals surface area contributed by atoms with Gasteiger partial charge < -0.3 is 19.6 Å². The molecule has 1 aliphatic heterocycles. The minimum atomic E-state index is -0.834. The van der Waals surface area contributed by atoms with Crippen molar-refractivity contribution in [1.82, 2.24) is 4.90 Å². The predicted octanol–water partition coefficient (Wildman–Crippen LogP) is 1.50. The van der Waals surface area contributed by atoms with Crippen LogP contribution in [0.5, 0.6) is 5.75 Å². The third kappa shape index (κ3) is 2.61. The molecule has 92 valence electrons. The van der Waals surface area contributed by atoms with Crippen molar-refractivity contribution in [1.29, 1.82) is 0 Å². The number of methoxy groups -OCH3 is 1. The Bertz CT molecular complexity index is 383. The molecule has 1 heterocycles. The zero-order valence-corrected chi connectivity index (χ0v) is 9.80. The van der Waals surface area contributed by atoms with Gasteiger partial charge >= 0.3 is 6.09 Å². The van der Waals surface area contributed by atoms with Gasteiger partial charge in [0.1, 0.15) is 5.75 Å². The lowest BCUT2D eigenvalue weighted by molar-refractivity contribution is 0.142. The van der Waals surface area contributed by atoms with Crippen molar-refractivity contribution in [3.63, 3.8) is 0 Å². The van der Waals surface area contributed by atoms with Crippen LogP contribution >= 0.6 is 0 Å². The number of hydrogen-bond acceptors (Lipinski definition) is 3. The summed E-state index contributed by atoms with van der Waals surface area (Å²) < 4.78 is 5.10. The zero-order chi connectivity index (χ0) is 12.3. The van der Waals surface area contributed by atoms with Crippen LogP contribution in [-0.2, 0) is 0 Å². The normalized spacial score (nSPS) is 15.8. The van der Waals surface area contributed by atoms with Gasteiger partial charge in [0, 0.05) is 31.9 Å². The summed E-state index contributed by atoms with van der Waals surface area (Å²) in [5.74, 6) is 0.831. The van der Waals surface area contributed by atoms with Crippen LogP contribution < -0.4 is 9.64 Å². The summed E-state index contributed by atoms with van der Waals surface area (Å²) in [5, 5.41) is 8.85. The van der Waals surface area contributed by atoms with E-state index in [-0.39, 0.29) is 0 Å². The van der Waals surface area contributed by atoms with E-state index in [1.165, 1.54) is 4.90 Å². The van der Waals surface area contributed by atoms with E-state index >= 15 is 0 Å². The number of anilines is 1. The molecule has 1 saturated heterocycles. The summed E-state index contributed by atoms with van der Waals surface area (Å²) >= 11 is 0. The lowest BCUT2D eigenvalue weighted by atomic mass is 10.2. The monoisotopic (exact) mass is 236 g/mol. The topological polar surface area (TPSA) is 53.0 Å². The molecule has 1 aliphatic rings. The molecule has 0 radical (unpaired) electrons. The first-order valence-electron chi connectivity index (χ1n) is 5.57. The van der Waals surface area contributed by atoms with E-state index in [2.05, 4.69) is 4.90 Å². The Balaban J connectivity index is 1.97. The van der Waals surface area contributed by atoms with Crippen LogP contribution in [-0.4, -0.2) is 49.4 Å². The Kier molecular flexibility index (Phi) is 3.37. The second-order valence-corrected chi connectivity index (χ2v) is 3.95. The van der Waals surface area contributed by atoms with Crippen molar-refractivity contribution in [2.24, 2.45) is 0 Å². The standard InChI is InChI=1S/C12H16N2O3/c1-17-11-4-2-10(3-5-11)13-6-8-14(9-7-13)12(15)16/h2-5H,6-9H2,1H3,(H,15,16). The van der Waals surface area contributed by atoms with Gasteiger partial charge in [0.05, 0.1) is 7.11 Å². The third-order valence-electron chi connectivity index (χ3n) is 2.99. The second kappa shape index (κ2) is 4.95. The molecule has 0 saturated carbocycles. The Labute approximate surface area is 100 Å². The summed E-state index contributed by atoms with van der Waals surface area (Å²) in [6.45, 7) is 2.58. The first kappa shape index (κ1) is 11.6. The minimum Gasteiger partial charge on any atom is -0.497 e. The molecule has 0 atom stereocenters. The van der Waals surface area contributed by atoms with Gasteiger partial charge in [-0.25, -0.2) is 4.79 Å². The van der Waals surface area contributed by atoms with E-state index in [0.29, 0.717) is 13.1 Å². The van der Waals surface area contributed by atoms with Crippen molar-refractivity contribution >= 4 is 11.8 Å². The Hall–Kier alpha value is -1.91. The Morgan fingerprint density at radius 2 is 1.76 bits per heavy atom. The number of carboxylic acid groups (broad SMARTS) is 1. The highest BCUT2D eigenvalue weighted by Crippen LogP contribution is 2.20. The Morgan fingerprint density at radius 3 is 2.24 bits per heavy atom. The van der Waals surface area contributed by atoms with E-state index in [0.717, 1.165) is 24.5 Å². The SMILES string of the molecule is COc1ccc(N2CCN(C(=O)O)CC2)cc1. The molecule has 1 aromatic rings. The molecule has 0 bridgehead atoms. The number of nitrogens with zero attached hydrogens (tertiary/aromatic N) is 2. The molecule has 1 amide bonds. The van der Waals surface area contributed by atoms with E-state index in [1.807, 2.05) is 24.3 Å². The van der Waals surface area contributed by atoms with Crippen LogP contribution in [0, 0.1) is 0 Å². The molecule has 1 fully saturated rings. The van der Waals surface area contributed by atoms with Gasteiger partial charge in [-0.2, -0.15) is 0 Å². The van der Waals surface area contributed by atoms with Gasteiger partial charge in [0.2, 0.25) is 0 Å². The van der Waals surface area contributed by atoms with E-state index in [1.54, 1.807) is 7.11 Å².